The summed E-state index contributed by atoms with van der Waals surface area (Å²) in [6.45, 7) is 1.52. The highest BCUT2D eigenvalue weighted by atomic mass is 16.1. The van der Waals surface area contributed by atoms with E-state index in [4.69, 9.17) is 0 Å². The number of carbonyl (C=O) groups excluding carboxylic acids is 1. The number of carbonyl (C=O) groups is 1. The summed E-state index contributed by atoms with van der Waals surface area (Å²) in [5.41, 5.74) is 1.94. The van der Waals surface area contributed by atoms with E-state index in [1.54, 1.807) is 0 Å². The van der Waals surface area contributed by atoms with Crippen LogP contribution in [0.15, 0.2) is 24.3 Å². The van der Waals surface area contributed by atoms with Crippen molar-refractivity contribution in [2.45, 2.75) is 32.2 Å². The standard InChI is InChI=1S/C12H16N2O/c1-9(15)13-11-6-3-7-12(8-11)14-10-4-2-5-10/h3,6-8,10,14H,2,4-5H2,1H3,(H,13,15). The van der Waals surface area contributed by atoms with E-state index in [9.17, 15) is 4.79 Å². The van der Waals surface area contributed by atoms with Gasteiger partial charge in [0.25, 0.3) is 0 Å². The van der Waals surface area contributed by atoms with Crippen molar-refractivity contribution in [3.8, 4) is 0 Å². The van der Waals surface area contributed by atoms with Crippen LogP contribution < -0.4 is 10.6 Å². The first-order valence-electron chi connectivity index (χ1n) is 5.38. The van der Waals surface area contributed by atoms with Crippen LogP contribution in [0.1, 0.15) is 26.2 Å². The smallest absolute Gasteiger partial charge is 0.221 e. The summed E-state index contributed by atoms with van der Waals surface area (Å²) in [5, 5.41) is 6.22. The molecule has 0 heterocycles. The highest BCUT2D eigenvalue weighted by Crippen LogP contribution is 2.24. The second-order valence-corrected chi connectivity index (χ2v) is 4.03. The van der Waals surface area contributed by atoms with Crippen LogP contribution in [0.5, 0.6) is 0 Å². The van der Waals surface area contributed by atoms with Crippen molar-refractivity contribution in [1.29, 1.82) is 0 Å². The number of hydrogen-bond acceptors (Lipinski definition) is 2. The minimum absolute atomic E-state index is 0.0317. The third-order valence-corrected chi connectivity index (χ3v) is 2.66. The van der Waals surface area contributed by atoms with Crippen molar-refractivity contribution in [2.24, 2.45) is 0 Å². The number of nitrogens with one attached hydrogen (secondary N) is 2. The van der Waals surface area contributed by atoms with Crippen molar-refractivity contribution in [1.82, 2.24) is 0 Å². The molecule has 1 aliphatic rings. The maximum atomic E-state index is 10.9. The fourth-order valence-electron chi connectivity index (χ4n) is 1.68. The molecular weight excluding hydrogens is 188 g/mol. The Morgan fingerprint density at radius 1 is 1.33 bits per heavy atom. The first-order chi connectivity index (χ1) is 7.24. The summed E-state index contributed by atoms with van der Waals surface area (Å²) in [5.74, 6) is -0.0317. The van der Waals surface area contributed by atoms with Gasteiger partial charge in [-0.1, -0.05) is 6.07 Å². The fourth-order valence-corrected chi connectivity index (χ4v) is 1.68. The lowest BCUT2D eigenvalue weighted by Crippen LogP contribution is -2.26. The highest BCUT2D eigenvalue weighted by Gasteiger charge is 2.16. The summed E-state index contributed by atoms with van der Waals surface area (Å²) in [7, 11) is 0. The predicted molar refractivity (Wildman–Crippen MR) is 62.0 cm³/mol. The van der Waals surface area contributed by atoms with Crippen LogP contribution >= 0.6 is 0 Å². The van der Waals surface area contributed by atoms with Gasteiger partial charge in [0.05, 0.1) is 0 Å². The average molecular weight is 204 g/mol. The second kappa shape index (κ2) is 4.34. The van der Waals surface area contributed by atoms with Crippen molar-refractivity contribution in [2.75, 3.05) is 10.6 Å². The maximum Gasteiger partial charge on any atom is 0.221 e. The van der Waals surface area contributed by atoms with Gasteiger partial charge in [-0.15, -0.1) is 0 Å². The van der Waals surface area contributed by atoms with Crippen LogP contribution in [0.25, 0.3) is 0 Å². The summed E-state index contributed by atoms with van der Waals surface area (Å²) in [4.78, 5) is 10.9. The molecule has 1 saturated carbocycles. The van der Waals surface area contributed by atoms with E-state index in [1.165, 1.54) is 26.2 Å². The maximum absolute atomic E-state index is 10.9. The summed E-state index contributed by atoms with van der Waals surface area (Å²) in [6, 6.07) is 8.47. The zero-order chi connectivity index (χ0) is 10.7. The molecule has 15 heavy (non-hydrogen) atoms. The van der Waals surface area contributed by atoms with Gasteiger partial charge in [-0.25, -0.2) is 0 Å². The van der Waals surface area contributed by atoms with Gasteiger partial charge in [0.1, 0.15) is 0 Å². The number of anilines is 2. The molecule has 0 spiro atoms. The molecular formula is C12H16N2O. The Bertz CT molecular complexity index is 358. The topological polar surface area (TPSA) is 41.1 Å². The van der Waals surface area contributed by atoms with Crippen LogP contribution in [0.2, 0.25) is 0 Å². The van der Waals surface area contributed by atoms with Gasteiger partial charge in [-0.2, -0.15) is 0 Å². The van der Waals surface area contributed by atoms with Gasteiger partial charge in [0, 0.05) is 24.3 Å². The van der Waals surface area contributed by atoms with Gasteiger partial charge in [-0.3, -0.25) is 4.79 Å². The number of hydrogen-bond donors (Lipinski definition) is 2. The summed E-state index contributed by atoms with van der Waals surface area (Å²) < 4.78 is 0. The van der Waals surface area contributed by atoms with Gasteiger partial charge < -0.3 is 10.6 Å². The van der Waals surface area contributed by atoms with Gasteiger partial charge in [-0.05, 0) is 37.5 Å². The zero-order valence-corrected chi connectivity index (χ0v) is 8.92. The van der Waals surface area contributed by atoms with Crippen LogP contribution in [0.3, 0.4) is 0 Å². The van der Waals surface area contributed by atoms with Crippen molar-refractivity contribution in [3.05, 3.63) is 24.3 Å². The predicted octanol–water partition coefficient (Wildman–Crippen LogP) is 2.61. The monoisotopic (exact) mass is 204 g/mol. The van der Waals surface area contributed by atoms with Gasteiger partial charge in [0.15, 0.2) is 0 Å². The number of amides is 1. The van der Waals surface area contributed by atoms with E-state index < -0.39 is 0 Å². The molecule has 0 atom stereocenters. The molecule has 0 aliphatic heterocycles. The molecule has 2 N–H and O–H groups in total. The first kappa shape index (κ1) is 10.0. The largest absolute Gasteiger partial charge is 0.382 e. The molecule has 80 valence electrons. The molecule has 1 fully saturated rings. The Morgan fingerprint density at radius 2 is 2.07 bits per heavy atom. The number of rotatable bonds is 3. The lowest BCUT2D eigenvalue weighted by molar-refractivity contribution is -0.114. The molecule has 1 amide bonds. The van der Waals surface area contributed by atoms with E-state index in [0.29, 0.717) is 6.04 Å². The van der Waals surface area contributed by atoms with E-state index in [2.05, 4.69) is 10.6 Å². The third-order valence-electron chi connectivity index (χ3n) is 2.66. The van der Waals surface area contributed by atoms with Crippen LogP contribution in [-0.2, 0) is 4.79 Å². The Kier molecular flexibility index (Phi) is 2.90. The molecule has 0 saturated heterocycles. The minimum Gasteiger partial charge on any atom is -0.382 e. The molecule has 2 rings (SSSR count). The molecule has 1 aromatic rings. The van der Waals surface area contributed by atoms with Crippen molar-refractivity contribution in [3.63, 3.8) is 0 Å². The first-order valence-corrected chi connectivity index (χ1v) is 5.38. The zero-order valence-electron chi connectivity index (χ0n) is 8.92. The fraction of sp³-hybridized carbons (Fsp3) is 0.417. The normalized spacial score (nSPS) is 15.5. The van der Waals surface area contributed by atoms with E-state index in [1.807, 2.05) is 24.3 Å². The average Bonchev–Trinajstić information content (AvgIpc) is 2.11. The third kappa shape index (κ3) is 2.72. The Morgan fingerprint density at radius 3 is 2.67 bits per heavy atom. The molecule has 1 aromatic carbocycles. The quantitative estimate of drug-likeness (QED) is 0.794. The van der Waals surface area contributed by atoms with Gasteiger partial charge >= 0.3 is 0 Å². The van der Waals surface area contributed by atoms with E-state index >= 15 is 0 Å². The molecule has 3 nitrogen and oxygen atoms in total. The van der Waals surface area contributed by atoms with E-state index in [-0.39, 0.29) is 5.91 Å². The van der Waals surface area contributed by atoms with Gasteiger partial charge in [0.2, 0.25) is 5.91 Å². The Labute approximate surface area is 89.9 Å². The van der Waals surface area contributed by atoms with E-state index in [0.717, 1.165) is 11.4 Å². The minimum atomic E-state index is -0.0317. The second-order valence-electron chi connectivity index (χ2n) is 4.03. The Hall–Kier alpha value is -1.51. The molecule has 0 unspecified atom stereocenters. The number of benzene rings is 1. The van der Waals surface area contributed by atoms with Crippen LogP contribution in [0.4, 0.5) is 11.4 Å². The molecule has 0 radical (unpaired) electrons. The van der Waals surface area contributed by atoms with Crippen LogP contribution in [-0.4, -0.2) is 11.9 Å². The van der Waals surface area contributed by atoms with Crippen LogP contribution in [0, 0.1) is 0 Å². The molecule has 0 aromatic heterocycles. The molecule has 1 aliphatic carbocycles. The van der Waals surface area contributed by atoms with Crippen molar-refractivity contribution < 1.29 is 4.79 Å². The lowest BCUT2D eigenvalue weighted by atomic mass is 9.93. The Balaban J connectivity index is 2.00. The lowest BCUT2D eigenvalue weighted by Gasteiger charge is -2.27. The molecule has 3 heteroatoms. The SMILES string of the molecule is CC(=O)Nc1cccc(NC2CCC2)c1. The summed E-state index contributed by atoms with van der Waals surface area (Å²) in [6.07, 6.45) is 3.83. The summed E-state index contributed by atoms with van der Waals surface area (Å²) >= 11 is 0. The molecule has 0 bridgehead atoms. The van der Waals surface area contributed by atoms with Crippen molar-refractivity contribution >= 4 is 17.3 Å². The highest BCUT2D eigenvalue weighted by molar-refractivity contribution is 5.89.